The average Bonchev–Trinajstić information content (AvgIpc) is 2.70. The highest BCUT2D eigenvalue weighted by Gasteiger charge is 2.24. The average molecular weight is 385 g/mol. The summed E-state index contributed by atoms with van der Waals surface area (Å²) in [4.78, 5) is 29.1. The van der Waals surface area contributed by atoms with Crippen LogP contribution in [0.15, 0.2) is 42.7 Å². The Hall–Kier alpha value is -3.09. The van der Waals surface area contributed by atoms with E-state index < -0.39 is 6.04 Å². The number of amides is 2. The number of nitrogens with zero attached hydrogens (tertiary/aromatic N) is 1. The van der Waals surface area contributed by atoms with Gasteiger partial charge in [0.2, 0.25) is 11.8 Å². The number of ether oxygens (including phenoxy) is 2. The van der Waals surface area contributed by atoms with Crippen LogP contribution < -0.4 is 20.1 Å². The molecule has 1 atom stereocenters. The summed E-state index contributed by atoms with van der Waals surface area (Å²) >= 11 is 0. The van der Waals surface area contributed by atoms with E-state index in [2.05, 4.69) is 15.6 Å². The van der Waals surface area contributed by atoms with Gasteiger partial charge in [-0.05, 0) is 35.2 Å². The predicted molar refractivity (Wildman–Crippen MR) is 106 cm³/mol. The molecule has 7 nitrogen and oxygen atoms in total. The molecule has 1 aromatic carbocycles. The molecule has 2 N–H and O–H groups in total. The minimum Gasteiger partial charge on any atom is -0.493 e. The molecule has 0 fully saturated rings. The highest BCUT2D eigenvalue weighted by atomic mass is 16.5. The number of methoxy groups -OCH3 is 2. The van der Waals surface area contributed by atoms with E-state index >= 15 is 0 Å². The van der Waals surface area contributed by atoms with Crippen LogP contribution in [0.25, 0.3) is 0 Å². The van der Waals surface area contributed by atoms with Gasteiger partial charge in [-0.3, -0.25) is 14.6 Å². The molecule has 28 heavy (non-hydrogen) atoms. The minimum atomic E-state index is -0.621. The van der Waals surface area contributed by atoms with Crippen molar-refractivity contribution in [3.63, 3.8) is 0 Å². The number of carbonyl (C=O) groups excluding carboxylic acids is 2. The van der Waals surface area contributed by atoms with Crippen LogP contribution in [0, 0.1) is 5.92 Å². The monoisotopic (exact) mass is 385 g/mol. The molecule has 0 spiro atoms. The lowest BCUT2D eigenvalue weighted by Gasteiger charge is -2.22. The maximum absolute atomic E-state index is 12.5. The maximum Gasteiger partial charge on any atom is 0.243 e. The second-order valence-electron chi connectivity index (χ2n) is 6.73. The van der Waals surface area contributed by atoms with Crippen LogP contribution in [-0.2, 0) is 22.6 Å². The molecule has 0 saturated heterocycles. The molecule has 150 valence electrons. The van der Waals surface area contributed by atoms with E-state index in [1.165, 1.54) is 0 Å². The summed E-state index contributed by atoms with van der Waals surface area (Å²) in [5, 5.41) is 5.68. The summed E-state index contributed by atoms with van der Waals surface area (Å²) < 4.78 is 10.5. The van der Waals surface area contributed by atoms with E-state index in [9.17, 15) is 9.59 Å². The van der Waals surface area contributed by atoms with Crippen molar-refractivity contribution in [1.29, 1.82) is 0 Å². The number of nitrogens with one attached hydrogen (secondary N) is 2. The molecule has 2 rings (SSSR count). The summed E-state index contributed by atoms with van der Waals surface area (Å²) in [5.41, 5.74) is 1.67. The molecule has 0 bridgehead atoms. The summed E-state index contributed by atoms with van der Waals surface area (Å²) in [5.74, 6) is 0.647. The molecule has 0 aliphatic carbocycles. The summed E-state index contributed by atoms with van der Waals surface area (Å²) in [7, 11) is 3.10. The van der Waals surface area contributed by atoms with E-state index in [1.807, 2.05) is 26.0 Å². The van der Waals surface area contributed by atoms with Gasteiger partial charge in [0, 0.05) is 18.9 Å². The van der Waals surface area contributed by atoms with Crippen molar-refractivity contribution in [3.05, 3.63) is 53.9 Å². The quantitative estimate of drug-likeness (QED) is 0.690. The number of carbonyl (C=O) groups is 2. The fourth-order valence-electron chi connectivity index (χ4n) is 2.74. The van der Waals surface area contributed by atoms with Gasteiger partial charge in [0.25, 0.3) is 0 Å². The van der Waals surface area contributed by atoms with Gasteiger partial charge in [-0.1, -0.05) is 26.0 Å². The summed E-state index contributed by atoms with van der Waals surface area (Å²) in [6.07, 6.45) is 3.51. The molecule has 0 saturated carbocycles. The van der Waals surface area contributed by atoms with Crippen LogP contribution in [0.2, 0.25) is 0 Å². The Bertz CT molecular complexity index is 793. The van der Waals surface area contributed by atoms with E-state index in [1.54, 1.807) is 44.8 Å². The van der Waals surface area contributed by atoms with Crippen LogP contribution in [0.4, 0.5) is 0 Å². The maximum atomic E-state index is 12.5. The van der Waals surface area contributed by atoms with Crippen LogP contribution in [0.5, 0.6) is 11.5 Å². The Labute approximate surface area is 165 Å². The van der Waals surface area contributed by atoms with E-state index in [-0.39, 0.29) is 24.2 Å². The van der Waals surface area contributed by atoms with E-state index in [0.29, 0.717) is 18.0 Å². The van der Waals surface area contributed by atoms with E-state index in [4.69, 9.17) is 9.47 Å². The Kier molecular flexibility index (Phi) is 7.80. The molecule has 1 aromatic heterocycles. The van der Waals surface area contributed by atoms with Crippen molar-refractivity contribution in [2.24, 2.45) is 5.92 Å². The van der Waals surface area contributed by atoms with Crippen LogP contribution in [0.1, 0.15) is 25.0 Å². The van der Waals surface area contributed by atoms with Crippen molar-refractivity contribution in [3.8, 4) is 11.5 Å². The first-order chi connectivity index (χ1) is 13.4. The second-order valence-corrected chi connectivity index (χ2v) is 6.73. The van der Waals surface area contributed by atoms with Crippen LogP contribution in [0.3, 0.4) is 0 Å². The lowest BCUT2D eigenvalue weighted by Crippen LogP contribution is -2.49. The third-order valence-electron chi connectivity index (χ3n) is 4.27. The zero-order valence-electron chi connectivity index (χ0n) is 16.7. The van der Waals surface area contributed by atoms with Crippen molar-refractivity contribution in [1.82, 2.24) is 15.6 Å². The van der Waals surface area contributed by atoms with Crippen molar-refractivity contribution >= 4 is 11.8 Å². The highest BCUT2D eigenvalue weighted by molar-refractivity contribution is 5.88. The zero-order valence-corrected chi connectivity index (χ0v) is 16.7. The molecule has 0 aliphatic rings. The fourth-order valence-corrected chi connectivity index (χ4v) is 2.74. The fraction of sp³-hybridized carbons (Fsp3) is 0.381. The molecular formula is C21H27N3O4. The minimum absolute atomic E-state index is 0.0525. The van der Waals surface area contributed by atoms with Gasteiger partial charge >= 0.3 is 0 Å². The molecular weight excluding hydrogens is 358 g/mol. The molecule has 2 aromatic rings. The number of hydrogen-bond acceptors (Lipinski definition) is 5. The normalized spacial score (nSPS) is 11.6. The summed E-state index contributed by atoms with van der Waals surface area (Å²) in [6, 6.07) is 8.38. The molecule has 1 heterocycles. The van der Waals surface area contributed by atoms with Crippen LogP contribution >= 0.6 is 0 Å². The number of pyridine rings is 1. The first-order valence-corrected chi connectivity index (χ1v) is 9.11. The predicted octanol–water partition coefficient (Wildman–Crippen LogP) is 2.10. The molecule has 0 unspecified atom stereocenters. The molecule has 7 heteroatoms. The topological polar surface area (TPSA) is 89.5 Å². The Morgan fingerprint density at radius 1 is 1.07 bits per heavy atom. The van der Waals surface area contributed by atoms with Gasteiger partial charge in [-0.2, -0.15) is 0 Å². The van der Waals surface area contributed by atoms with Gasteiger partial charge in [-0.15, -0.1) is 0 Å². The first-order valence-electron chi connectivity index (χ1n) is 9.11. The number of benzene rings is 1. The molecule has 2 amide bonds. The number of rotatable bonds is 9. The number of aromatic nitrogens is 1. The third kappa shape index (κ3) is 5.97. The third-order valence-corrected chi connectivity index (χ3v) is 4.27. The van der Waals surface area contributed by atoms with Crippen molar-refractivity contribution in [2.45, 2.75) is 32.9 Å². The van der Waals surface area contributed by atoms with E-state index in [0.717, 1.165) is 11.1 Å². The highest BCUT2D eigenvalue weighted by Crippen LogP contribution is 2.27. The lowest BCUT2D eigenvalue weighted by atomic mass is 10.0. The standard InChI is InChI=1S/C21H27N3O4/c1-14(2)20(21(26)23-13-16-6-5-9-22-12-16)24-19(25)11-15-7-8-17(27-3)18(10-15)28-4/h5-10,12,14,20H,11,13H2,1-4H3,(H,23,26)(H,24,25)/t20-/m1/s1. The Balaban J connectivity index is 1.97. The Morgan fingerprint density at radius 2 is 1.82 bits per heavy atom. The van der Waals surface area contributed by atoms with Gasteiger partial charge in [0.1, 0.15) is 6.04 Å². The Morgan fingerprint density at radius 3 is 2.43 bits per heavy atom. The number of hydrogen-bond donors (Lipinski definition) is 2. The van der Waals surface area contributed by atoms with Gasteiger partial charge in [0.15, 0.2) is 11.5 Å². The van der Waals surface area contributed by atoms with Gasteiger partial charge in [-0.25, -0.2) is 0 Å². The largest absolute Gasteiger partial charge is 0.493 e. The second kappa shape index (κ2) is 10.3. The van der Waals surface area contributed by atoms with Crippen molar-refractivity contribution < 1.29 is 19.1 Å². The molecule has 0 radical (unpaired) electrons. The van der Waals surface area contributed by atoms with Crippen molar-refractivity contribution in [2.75, 3.05) is 14.2 Å². The lowest BCUT2D eigenvalue weighted by molar-refractivity contribution is -0.129. The summed E-state index contributed by atoms with van der Waals surface area (Å²) in [6.45, 7) is 4.15. The zero-order chi connectivity index (χ0) is 20.5. The van der Waals surface area contributed by atoms with Gasteiger partial charge < -0.3 is 20.1 Å². The first kappa shape index (κ1) is 21.2. The van der Waals surface area contributed by atoms with Crippen LogP contribution in [-0.4, -0.2) is 37.1 Å². The SMILES string of the molecule is COc1ccc(CC(=O)N[C@@H](C(=O)NCc2cccnc2)C(C)C)cc1OC. The smallest absolute Gasteiger partial charge is 0.243 e. The van der Waals surface area contributed by atoms with Gasteiger partial charge in [0.05, 0.1) is 20.6 Å². The molecule has 0 aliphatic heterocycles.